The molecule has 5 aromatic rings. The molecule has 13 heteroatoms. The van der Waals surface area contributed by atoms with Crippen LogP contribution in [0.5, 0.6) is 0 Å². The van der Waals surface area contributed by atoms with Crippen molar-refractivity contribution in [2.24, 2.45) is 5.92 Å². The minimum absolute atomic E-state index is 0.0767. The van der Waals surface area contributed by atoms with Crippen LogP contribution in [0.2, 0.25) is 10.1 Å². The summed E-state index contributed by atoms with van der Waals surface area (Å²) in [7, 11) is -0.727. The Bertz CT molecular complexity index is 2220. The van der Waals surface area contributed by atoms with Crippen LogP contribution < -0.4 is 21.0 Å². The van der Waals surface area contributed by atoms with E-state index in [0.717, 1.165) is 47.4 Å². The highest BCUT2D eigenvalue weighted by molar-refractivity contribution is 7.13. The summed E-state index contributed by atoms with van der Waals surface area (Å²) in [4.78, 5) is 55.2. The molecular formula is C44H51ClN6O4SSi. The van der Waals surface area contributed by atoms with E-state index < -0.39 is 14.4 Å². The monoisotopic (exact) mass is 822 g/mol. The van der Waals surface area contributed by atoms with Gasteiger partial charge in [-0.3, -0.25) is 14.4 Å². The van der Waals surface area contributed by atoms with Gasteiger partial charge in [-0.1, -0.05) is 93.0 Å². The molecule has 1 aliphatic carbocycles. The third-order valence-corrected chi connectivity index (χ3v) is 18.4. The zero-order chi connectivity index (χ0) is 39.9. The van der Waals surface area contributed by atoms with E-state index in [0.29, 0.717) is 48.1 Å². The lowest BCUT2D eigenvalue weighted by molar-refractivity contribution is -0.136. The molecule has 2 aromatic heterocycles. The van der Waals surface area contributed by atoms with Crippen LogP contribution in [0.25, 0.3) is 10.9 Å². The number of aromatic nitrogens is 2. The predicted molar refractivity (Wildman–Crippen MR) is 229 cm³/mol. The molecule has 0 radical (unpaired) electrons. The SMILES string of the molecule is CN1CCc2nc(C(=O)N[C@@H]3C[C@@H](C(=O)N4CC[C@@H](O[Si](c5ccccc5)(c5ccccc5)C(C)(C)C)C4)CC[C@@H]3NC(=O)c3cc4cc(Cl)ccc4[nH]3)sc2C1. The van der Waals surface area contributed by atoms with E-state index in [-0.39, 0.29) is 40.8 Å². The molecule has 3 aliphatic rings. The Labute approximate surface area is 344 Å². The van der Waals surface area contributed by atoms with Crippen molar-refractivity contribution < 1.29 is 18.8 Å². The lowest BCUT2D eigenvalue weighted by Gasteiger charge is -2.44. The fraction of sp³-hybridized carbons (Fsp3) is 0.409. The number of fused-ring (bicyclic) bond motifs is 2. The third kappa shape index (κ3) is 8.07. The van der Waals surface area contributed by atoms with Crippen LogP contribution >= 0.6 is 22.9 Å². The summed E-state index contributed by atoms with van der Waals surface area (Å²) in [5.41, 5.74) is 2.20. The zero-order valence-electron chi connectivity index (χ0n) is 33.0. The summed E-state index contributed by atoms with van der Waals surface area (Å²) in [6, 6.07) is 27.6. The number of aromatic amines is 1. The number of carbonyl (C=O) groups is 3. The summed E-state index contributed by atoms with van der Waals surface area (Å²) < 4.78 is 7.42. The van der Waals surface area contributed by atoms with Gasteiger partial charge in [0.05, 0.1) is 17.8 Å². The smallest absolute Gasteiger partial charge is 0.280 e. The molecule has 10 nitrogen and oxygen atoms in total. The number of thiazole rings is 1. The molecule has 0 unspecified atom stereocenters. The first kappa shape index (κ1) is 39.5. The summed E-state index contributed by atoms with van der Waals surface area (Å²) in [5, 5.41) is 10.5. The fourth-order valence-electron chi connectivity index (χ4n) is 9.07. The fourth-order valence-corrected chi connectivity index (χ4v) is 15.1. The summed E-state index contributed by atoms with van der Waals surface area (Å²) in [5.74, 6) is -0.780. The molecular weight excluding hydrogens is 772 g/mol. The van der Waals surface area contributed by atoms with Crippen LogP contribution in [0, 0.1) is 5.92 Å². The minimum atomic E-state index is -2.80. The van der Waals surface area contributed by atoms with Crippen molar-refractivity contribution in [1.29, 1.82) is 0 Å². The zero-order valence-corrected chi connectivity index (χ0v) is 35.6. The largest absolute Gasteiger partial charge is 0.403 e. The first-order valence-corrected chi connectivity index (χ1v) is 23.1. The summed E-state index contributed by atoms with van der Waals surface area (Å²) >= 11 is 7.64. The molecule has 4 atom stereocenters. The Balaban J connectivity index is 1.00. The van der Waals surface area contributed by atoms with Crippen LogP contribution in [-0.4, -0.2) is 90.7 Å². The van der Waals surface area contributed by atoms with E-state index in [1.807, 2.05) is 29.2 Å². The molecule has 3 N–H and O–H groups in total. The van der Waals surface area contributed by atoms with E-state index >= 15 is 0 Å². The topological polar surface area (TPSA) is 120 Å². The Morgan fingerprint density at radius 1 is 0.895 bits per heavy atom. The highest BCUT2D eigenvalue weighted by Crippen LogP contribution is 2.39. The van der Waals surface area contributed by atoms with Gasteiger partial charge < -0.3 is 29.8 Å². The molecule has 3 amide bonds. The van der Waals surface area contributed by atoms with Gasteiger partial charge in [-0.05, 0) is 72.4 Å². The maximum absolute atomic E-state index is 14.4. The van der Waals surface area contributed by atoms with Crippen molar-refractivity contribution in [3.63, 3.8) is 0 Å². The number of benzene rings is 3. The van der Waals surface area contributed by atoms with E-state index in [1.54, 1.807) is 12.1 Å². The number of amides is 3. The van der Waals surface area contributed by atoms with Crippen molar-refractivity contribution in [2.75, 3.05) is 26.7 Å². The van der Waals surface area contributed by atoms with Crippen molar-refractivity contribution in [1.82, 2.24) is 30.4 Å². The molecule has 4 heterocycles. The Hall–Kier alpha value is -4.33. The molecule has 0 bridgehead atoms. The molecule has 1 saturated carbocycles. The normalized spacial score (nSPS) is 21.7. The van der Waals surface area contributed by atoms with Crippen molar-refractivity contribution in [3.8, 4) is 0 Å². The quantitative estimate of drug-likeness (QED) is 0.154. The number of likely N-dealkylation sites (tertiary alicyclic amines) is 1. The van der Waals surface area contributed by atoms with Gasteiger partial charge in [0.1, 0.15) is 5.69 Å². The van der Waals surface area contributed by atoms with Gasteiger partial charge in [0, 0.05) is 65.4 Å². The predicted octanol–water partition coefficient (Wildman–Crippen LogP) is 6.14. The van der Waals surface area contributed by atoms with Crippen LogP contribution in [-0.2, 0) is 22.2 Å². The van der Waals surface area contributed by atoms with Crippen LogP contribution in [0.4, 0.5) is 0 Å². The van der Waals surface area contributed by atoms with Crippen molar-refractivity contribution in [2.45, 2.75) is 82.6 Å². The van der Waals surface area contributed by atoms with Crippen molar-refractivity contribution in [3.05, 3.63) is 111 Å². The first-order chi connectivity index (χ1) is 27.4. The number of likely N-dealkylation sites (N-methyl/N-ethyl adjacent to an activating group) is 1. The number of nitrogens with one attached hydrogen (secondary N) is 3. The summed E-state index contributed by atoms with van der Waals surface area (Å²) in [6.45, 7) is 9.62. The lowest BCUT2D eigenvalue weighted by atomic mass is 9.81. The van der Waals surface area contributed by atoms with Gasteiger partial charge in [0.2, 0.25) is 5.91 Å². The number of rotatable bonds is 9. The minimum Gasteiger partial charge on any atom is -0.403 e. The van der Waals surface area contributed by atoms with Gasteiger partial charge in [-0.15, -0.1) is 11.3 Å². The van der Waals surface area contributed by atoms with Gasteiger partial charge in [-0.25, -0.2) is 4.98 Å². The van der Waals surface area contributed by atoms with E-state index in [1.165, 1.54) is 21.7 Å². The van der Waals surface area contributed by atoms with E-state index in [9.17, 15) is 14.4 Å². The van der Waals surface area contributed by atoms with Crippen LogP contribution in [0.15, 0.2) is 84.9 Å². The summed E-state index contributed by atoms with van der Waals surface area (Å²) in [6.07, 6.45) is 2.97. The maximum Gasteiger partial charge on any atom is 0.280 e. The molecule has 0 spiro atoms. The molecule has 57 heavy (non-hydrogen) atoms. The first-order valence-electron chi connectivity index (χ1n) is 20.0. The van der Waals surface area contributed by atoms with Gasteiger partial charge in [-0.2, -0.15) is 0 Å². The Morgan fingerprint density at radius 3 is 2.30 bits per heavy atom. The van der Waals surface area contributed by atoms with E-state index in [4.69, 9.17) is 21.0 Å². The number of H-pyrrole nitrogens is 1. The second kappa shape index (κ2) is 16.1. The van der Waals surface area contributed by atoms with Crippen LogP contribution in [0.3, 0.4) is 0 Å². The van der Waals surface area contributed by atoms with E-state index in [2.05, 4.69) is 96.9 Å². The number of hydrogen-bond acceptors (Lipinski definition) is 7. The number of nitrogens with zero attached hydrogens (tertiary/aromatic N) is 3. The molecule has 8 rings (SSSR count). The second-order valence-electron chi connectivity index (χ2n) is 16.9. The third-order valence-electron chi connectivity index (χ3n) is 12.0. The second-order valence-corrected chi connectivity index (χ2v) is 22.7. The molecule has 298 valence electrons. The van der Waals surface area contributed by atoms with Crippen molar-refractivity contribution >= 4 is 70.3 Å². The lowest BCUT2D eigenvalue weighted by Crippen LogP contribution is -2.67. The molecule has 2 aliphatic heterocycles. The Morgan fingerprint density at radius 2 is 1.60 bits per heavy atom. The number of hydrogen-bond donors (Lipinski definition) is 3. The number of halogens is 1. The molecule has 1 saturated heterocycles. The highest BCUT2D eigenvalue weighted by Gasteiger charge is 2.52. The average molecular weight is 824 g/mol. The van der Waals surface area contributed by atoms with Gasteiger partial charge in [0.15, 0.2) is 5.01 Å². The number of carbonyl (C=O) groups excluding carboxylic acids is 3. The Kier molecular flexibility index (Phi) is 11.2. The van der Waals surface area contributed by atoms with Gasteiger partial charge >= 0.3 is 0 Å². The maximum atomic E-state index is 14.4. The average Bonchev–Trinajstić information content (AvgIpc) is 3.96. The molecule has 2 fully saturated rings. The standard InChI is InChI=1S/C44H51ClN6O4SSi/c1-44(2,3)57(32-11-7-5-8-12-32,33-13-9-6-10-14-33)55-31-19-22-51(26-31)43(54)28-15-17-35(47-40(52)38-25-29-23-30(45)16-18-34(29)46-38)37(24-28)48-41(53)42-49-36-20-21-50(4)27-39(36)56-42/h5-14,16,18,23,25,28,31,35,37,46H,15,17,19-22,24,26-27H2,1-4H3,(H,47,52)(H,48,53)/t28-,31+,35-,37+/m0/s1. The van der Waals surface area contributed by atoms with Gasteiger partial charge in [0.25, 0.3) is 20.1 Å². The highest BCUT2D eigenvalue weighted by atomic mass is 35.5. The molecule has 3 aromatic carbocycles. The van der Waals surface area contributed by atoms with Crippen LogP contribution in [0.1, 0.15) is 77.3 Å².